The van der Waals surface area contributed by atoms with Gasteiger partial charge in [0.1, 0.15) is 11.5 Å². The maximum absolute atomic E-state index is 12.7. The van der Waals surface area contributed by atoms with Gasteiger partial charge in [-0.25, -0.2) is 10.2 Å². The van der Waals surface area contributed by atoms with E-state index in [0.29, 0.717) is 34.8 Å². The molecule has 0 spiro atoms. The van der Waals surface area contributed by atoms with Gasteiger partial charge >= 0.3 is 5.97 Å². The molecule has 0 heterocycles. The number of hydrogen-bond acceptors (Lipinski definition) is 5. The summed E-state index contributed by atoms with van der Waals surface area (Å²) in [7, 11) is 0. The first-order chi connectivity index (χ1) is 17.0. The van der Waals surface area contributed by atoms with E-state index in [0.717, 1.165) is 22.8 Å². The molecule has 1 N–H and O–H groups in total. The van der Waals surface area contributed by atoms with Crippen LogP contribution in [0.3, 0.4) is 0 Å². The number of ether oxygens (including phenoxy) is 2. The number of rotatable bonds is 8. The first-order valence-corrected chi connectivity index (χ1v) is 11.4. The number of hydrogen-bond donors (Lipinski definition) is 1. The van der Waals surface area contributed by atoms with Gasteiger partial charge in [0.05, 0.1) is 18.4 Å². The zero-order valence-corrected chi connectivity index (χ0v) is 19.7. The summed E-state index contributed by atoms with van der Waals surface area (Å²) in [5, 5.41) is 5.95. The summed E-state index contributed by atoms with van der Waals surface area (Å²) in [5.74, 6) is 0.235. The molecule has 0 radical (unpaired) electrons. The van der Waals surface area contributed by atoms with Crippen LogP contribution < -0.4 is 14.9 Å². The van der Waals surface area contributed by atoms with Gasteiger partial charge in [0, 0.05) is 11.1 Å². The van der Waals surface area contributed by atoms with Crippen LogP contribution in [0.15, 0.2) is 90.0 Å². The van der Waals surface area contributed by atoms with Crippen molar-refractivity contribution in [3.8, 4) is 11.5 Å². The molecular formula is C29H26N2O4. The van der Waals surface area contributed by atoms with E-state index in [9.17, 15) is 9.59 Å². The molecule has 4 rings (SSSR count). The van der Waals surface area contributed by atoms with E-state index >= 15 is 0 Å². The van der Waals surface area contributed by atoms with Crippen molar-refractivity contribution in [3.05, 3.63) is 107 Å². The van der Waals surface area contributed by atoms with Crippen LogP contribution in [0.1, 0.15) is 45.2 Å². The van der Waals surface area contributed by atoms with E-state index < -0.39 is 5.97 Å². The van der Waals surface area contributed by atoms with Gasteiger partial charge in [-0.15, -0.1) is 0 Å². The van der Waals surface area contributed by atoms with Gasteiger partial charge < -0.3 is 9.47 Å². The van der Waals surface area contributed by atoms with E-state index in [1.807, 2.05) is 56.3 Å². The second kappa shape index (κ2) is 11.1. The van der Waals surface area contributed by atoms with Crippen molar-refractivity contribution in [2.24, 2.45) is 5.10 Å². The molecular weight excluding hydrogens is 440 g/mol. The number of nitrogens with zero attached hydrogens (tertiary/aromatic N) is 1. The molecule has 35 heavy (non-hydrogen) atoms. The molecule has 0 aromatic heterocycles. The Morgan fingerprint density at radius 3 is 2.34 bits per heavy atom. The Morgan fingerprint density at radius 2 is 1.60 bits per heavy atom. The smallest absolute Gasteiger partial charge is 0.343 e. The van der Waals surface area contributed by atoms with Crippen LogP contribution in [-0.2, 0) is 0 Å². The lowest BCUT2D eigenvalue weighted by Crippen LogP contribution is -2.17. The number of nitrogens with one attached hydrogen (secondary N) is 1. The van der Waals surface area contributed by atoms with Crippen LogP contribution in [0.25, 0.3) is 10.8 Å². The van der Waals surface area contributed by atoms with Crippen molar-refractivity contribution in [1.82, 2.24) is 5.43 Å². The third-order valence-corrected chi connectivity index (χ3v) is 5.37. The van der Waals surface area contributed by atoms with Crippen LogP contribution in [0.4, 0.5) is 0 Å². The normalized spacial score (nSPS) is 10.9. The Balaban J connectivity index is 1.54. The summed E-state index contributed by atoms with van der Waals surface area (Å²) >= 11 is 0. The summed E-state index contributed by atoms with van der Waals surface area (Å²) in [6, 6.07) is 25.3. The summed E-state index contributed by atoms with van der Waals surface area (Å²) in [6.07, 6.45) is 2.41. The van der Waals surface area contributed by atoms with Crippen LogP contribution >= 0.6 is 0 Å². The summed E-state index contributed by atoms with van der Waals surface area (Å²) in [5.41, 5.74) is 5.09. The predicted molar refractivity (Wildman–Crippen MR) is 137 cm³/mol. The van der Waals surface area contributed by atoms with Gasteiger partial charge in [-0.3, -0.25) is 4.79 Å². The molecule has 0 aliphatic rings. The molecule has 0 fully saturated rings. The molecule has 4 aromatic rings. The quantitative estimate of drug-likeness (QED) is 0.151. The standard InChI is InChI=1S/C29H26N2O4/c1-3-18-34-24-15-12-22(13-16-24)28(32)31-30-19-26-25-7-5-4-6-21(25)14-17-27(26)35-29(33)23-10-8-20(2)9-11-23/h4-17,19H,3,18H2,1-2H3,(H,31,32)/b30-19+. The first-order valence-electron chi connectivity index (χ1n) is 11.4. The highest BCUT2D eigenvalue weighted by molar-refractivity contribution is 6.04. The van der Waals surface area contributed by atoms with Gasteiger partial charge in [0.15, 0.2) is 0 Å². The highest BCUT2D eigenvalue weighted by Gasteiger charge is 2.14. The number of esters is 1. The number of aryl methyl sites for hydroxylation is 1. The molecule has 0 saturated heterocycles. The number of carbonyl (C=O) groups excluding carboxylic acids is 2. The number of fused-ring (bicyclic) bond motifs is 1. The Kier molecular flexibility index (Phi) is 7.53. The fourth-order valence-electron chi connectivity index (χ4n) is 3.49. The van der Waals surface area contributed by atoms with Crippen molar-refractivity contribution in [2.75, 3.05) is 6.61 Å². The first kappa shape index (κ1) is 23.7. The van der Waals surface area contributed by atoms with Gasteiger partial charge in [-0.05, 0) is 66.6 Å². The van der Waals surface area contributed by atoms with E-state index in [2.05, 4.69) is 10.5 Å². The predicted octanol–water partition coefficient (Wildman–Crippen LogP) is 5.92. The Hall–Kier alpha value is -4.45. The van der Waals surface area contributed by atoms with Crippen molar-refractivity contribution in [3.63, 3.8) is 0 Å². The lowest BCUT2D eigenvalue weighted by molar-refractivity contribution is 0.0734. The fourth-order valence-corrected chi connectivity index (χ4v) is 3.49. The average molecular weight is 467 g/mol. The minimum atomic E-state index is -0.468. The third kappa shape index (κ3) is 5.92. The molecule has 4 aromatic carbocycles. The highest BCUT2D eigenvalue weighted by Crippen LogP contribution is 2.27. The molecule has 0 unspecified atom stereocenters. The van der Waals surface area contributed by atoms with E-state index in [-0.39, 0.29) is 5.91 Å². The summed E-state index contributed by atoms with van der Waals surface area (Å²) < 4.78 is 11.3. The maximum atomic E-state index is 12.7. The molecule has 0 atom stereocenters. The molecule has 0 saturated carbocycles. The van der Waals surface area contributed by atoms with Crippen molar-refractivity contribution in [2.45, 2.75) is 20.3 Å². The third-order valence-electron chi connectivity index (χ3n) is 5.37. The van der Waals surface area contributed by atoms with Crippen molar-refractivity contribution < 1.29 is 19.1 Å². The fraction of sp³-hybridized carbons (Fsp3) is 0.138. The van der Waals surface area contributed by atoms with Crippen LogP contribution in [0.5, 0.6) is 11.5 Å². The molecule has 6 heteroatoms. The van der Waals surface area contributed by atoms with E-state index in [4.69, 9.17) is 9.47 Å². The molecule has 0 aliphatic heterocycles. The lowest BCUT2D eigenvalue weighted by atomic mass is 10.0. The van der Waals surface area contributed by atoms with Crippen molar-refractivity contribution in [1.29, 1.82) is 0 Å². The minimum Gasteiger partial charge on any atom is -0.494 e. The van der Waals surface area contributed by atoms with Crippen molar-refractivity contribution >= 4 is 28.9 Å². The Labute approximate surface area is 204 Å². The second-order valence-corrected chi connectivity index (χ2v) is 8.03. The SMILES string of the molecule is CCCOc1ccc(C(=O)N/N=C/c2c(OC(=O)c3ccc(C)cc3)ccc3ccccc23)cc1. The summed E-state index contributed by atoms with van der Waals surface area (Å²) in [6.45, 7) is 4.61. The monoisotopic (exact) mass is 466 g/mol. The van der Waals surface area contributed by atoms with Crippen LogP contribution in [0, 0.1) is 6.92 Å². The van der Waals surface area contributed by atoms with Crippen LogP contribution in [-0.4, -0.2) is 24.7 Å². The van der Waals surface area contributed by atoms with Gasteiger partial charge in [0.2, 0.25) is 0 Å². The highest BCUT2D eigenvalue weighted by atomic mass is 16.5. The van der Waals surface area contributed by atoms with Crippen LogP contribution in [0.2, 0.25) is 0 Å². The second-order valence-electron chi connectivity index (χ2n) is 8.03. The largest absolute Gasteiger partial charge is 0.494 e. The van der Waals surface area contributed by atoms with E-state index in [1.54, 1.807) is 42.5 Å². The Morgan fingerprint density at radius 1 is 0.886 bits per heavy atom. The number of carbonyl (C=O) groups is 2. The number of hydrazone groups is 1. The molecule has 6 nitrogen and oxygen atoms in total. The maximum Gasteiger partial charge on any atom is 0.343 e. The topological polar surface area (TPSA) is 77.0 Å². The van der Waals surface area contributed by atoms with E-state index in [1.165, 1.54) is 6.21 Å². The molecule has 176 valence electrons. The Bertz CT molecular complexity index is 1360. The molecule has 1 amide bonds. The molecule has 0 bridgehead atoms. The zero-order chi connectivity index (χ0) is 24.6. The zero-order valence-electron chi connectivity index (χ0n) is 19.7. The number of amides is 1. The van der Waals surface area contributed by atoms with Gasteiger partial charge in [-0.2, -0.15) is 5.10 Å². The molecule has 0 aliphatic carbocycles. The summed E-state index contributed by atoms with van der Waals surface area (Å²) in [4.78, 5) is 25.3. The number of benzene rings is 4. The van der Waals surface area contributed by atoms with Gasteiger partial charge in [-0.1, -0.05) is 55.0 Å². The average Bonchev–Trinajstić information content (AvgIpc) is 2.89. The lowest BCUT2D eigenvalue weighted by Gasteiger charge is -2.11. The van der Waals surface area contributed by atoms with Gasteiger partial charge in [0.25, 0.3) is 5.91 Å². The minimum absolute atomic E-state index is 0.352.